The Morgan fingerprint density at radius 1 is 1.24 bits per heavy atom. The van der Waals surface area contributed by atoms with E-state index in [1.54, 1.807) is 0 Å². The van der Waals surface area contributed by atoms with Crippen molar-refractivity contribution in [3.8, 4) is 0 Å². The maximum atomic E-state index is 12.8. The molecule has 7 nitrogen and oxygen atoms in total. The van der Waals surface area contributed by atoms with Crippen LogP contribution in [0.25, 0.3) is 0 Å². The van der Waals surface area contributed by atoms with Crippen molar-refractivity contribution in [2.75, 3.05) is 36.5 Å². The number of ether oxygens (including phenoxy) is 1. The van der Waals surface area contributed by atoms with Gasteiger partial charge in [-0.2, -0.15) is 4.98 Å². The molecule has 0 radical (unpaired) electrons. The molecule has 1 atom stereocenters. The number of rotatable bonds is 2. The lowest BCUT2D eigenvalue weighted by Crippen LogP contribution is -2.40. The van der Waals surface area contributed by atoms with Crippen LogP contribution in [-0.2, 0) is 9.53 Å². The van der Waals surface area contributed by atoms with Crippen molar-refractivity contribution in [1.29, 1.82) is 0 Å². The van der Waals surface area contributed by atoms with Crippen LogP contribution in [0.1, 0.15) is 23.5 Å². The summed E-state index contributed by atoms with van der Waals surface area (Å²) in [4.78, 5) is 34.3. The summed E-state index contributed by atoms with van der Waals surface area (Å²) in [7, 11) is 0. The highest BCUT2D eigenvalue weighted by Crippen LogP contribution is 2.35. The van der Waals surface area contributed by atoms with Crippen LogP contribution in [0.3, 0.4) is 0 Å². The van der Waals surface area contributed by atoms with Crippen LogP contribution in [0, 0.1) is 0 Å². The molecule has 0 spiro atoms. The van der Waals surface area contributed by atoms with Gasteiger partial charge in [-0.05, 0) is 17.7 Å². The summed E-state index contributed by atoms with van der Waals surface area (Å²) in [6.07, 6.45) is 0.227. The number of aromatic nitrogens is 2. The summed E-state index contributed by atoms with van der Waals surface area (Å²) in [5, 5.41) is 2.75. The van der Waals surface area contributed by atoms with Gasteiger partial charge in [-0.1, -0.05) is 28.1 Å². The molecule has 1 saturated heterocycles. The van der Waals surface area contributed by atoms with Gasteiger partial charge in [0.1, 0.15) is 5.82 Å². The molecule has 0 aliphatic carbocycles. The number of aromatic amines is 1. The highest BCUT2D eigenvalue weighted by molar-refractivity contribution is 9.10. The minimum absolute atomic E-state index is 0.136. The van der Waals surface area contributed by atoms with Gasteiger partial charge in [-0.3, -0.25) is 14.6 Å². The molecule has 25 heavy (non-hydrogen) atoms. The van der Waals surface area contributed by atoms with Crippen LogP contribution in [0.15, 0.2) is 33.5 Å². The second-order valence-electron chi connectivity index (χ2n) is 6.11. The zero-order chi connectivity index (χ0) is 17.4. The van der Waals surface area contributed by atoms with E-state index in [1.165, 1.54) is 0 Å². The summed E-state index contributed by atoms with van der Waals surface area (Å²) in [6, 6.07) is 7.67. The average molecular weight is 405 g/mol. The predicted molar refractivity (Wildman–Crippen MR) is 97.1 cm³/mol. The van der Waals surface area contributed by atoms with Crippen LogP contribution in [0.4, 0.5) is 11.8 Å². The molecule has 1 aromatic carbocycles. The SMILES string of the molecule is O=C1C[C@H](c2cccc(Br)c2)c2c(nc(N3CCOCC3)[nH]c2=O)N1. The molecule has 2 N–H and O–H groups in total. The van der Waals surface area contributed by atoms with Crippen LogP contribution in [-0.4, -0.2) is 42.2 Å². The molecule has 1 aromatic heterocycles. The minimum atomic E-state index is -0.309. The van der Waals surface area contributed by atoms with E-state index < -0.39 is 0 Å². The first-order chi connectivity index (χ1) is 12.1. The fourth-order valence-electron chi connectivity index (χ4n) is 3.29. The third-order valence-electron chi connectivity index (χ3n) is 4.50. The number of nitrogens with one attached hydrogen (secondary N) is 2. The molecule has 130 valence electrons. The normalized spacial score (nSPS) is 20.1. The number of benzene rings is 1. The third kappa shape index (κ3) is 3.19. The Labute approximate surface area is 152 Å². The Kier molecular flexibility index (Phi) is 4.30. The van der Waals surface area contributed by atoms with Crippen molar-refractivity contribution in [3.63, 3.8) is 0 Å². The Morgan fingerprint density at radius 2 is 2.04 bits per heavy atom. The number of H-pyrrole nitrogens is 1. The zero-order valence-corrected chi connectivity index (χ0v) is 15.0. The Hall–Kier alpha value is -2.19. The van der Waals surface area contributed by atoms with Gasteiger partial charge in [0.2, 0.25) is 11.9 Å². The van der Waals surface area contributed by atoms with E-state index >= 15 is 0 Å². The molecular formula is C17H17BrN4O3. The van der Waals surface area contributed by atoms with Crippen molar-refractivity contribution < 1.29 is 9.53 Å². The first-order valence-electron chi connectivity index (χ1n) is 8.14. The maximum absolute atomic E-state index is 12.8. The fraction of sp³-hybridized carbons (Fsp3) is 0.353. The van der Waals surface area contributed by atoms with Crippen molar-refractivity contribution in [2.24, 2.45) is 0 Å². The Bertz CT molecular complexity index is 876. The summed E-state index contributed by atoms with van der Waals surface area (Å²) in [6.45, 7) is 2.50. The number of fused-ring (bicyclic) bond motifs is 1. The van der Waals surface area contributed by atoms with Crippen LogP contribution < -0.4 is 15.8 Å². The van der Waals surface area contributed by atoms with Crippen molar-refractivity contribution in [2.45, 2.75) is 12.3 Å². The first-order valence-corrected chi connectivity index (χ1v) is 8.93. The van der Waals surface area contributed by atoms with Crippen molar-refractivity contribution in [3.05, 3.63) is 50.2 Å². The van der Waals surface area contributed by atoms with Crippen molar-refractivity contribution in [1.82, 2.24) is 9.97 Å². The highest BCUT2D eigenvalue weighted by atomic mass is 79.9. The molecule has 2 aliphatic rings. The fourth-order valence-corrected chi connectivity index (χ4v) is 3.71. The minimum Gasteiger partial charge on any atom is -0.378 e. The predicted octanol–water partition coefficient (Wildman–Crippen LogP) is 1.84. The molecular weight excluding hydrogens is 388 g/mol. The van der Waals surface area contributed by atoms with Gasteiger partial charge in [0.05, 0.1) is 18.8 Å². The second-order valence-corrected chi connectivity index (χ2v) is 7.03. The number of halogens is 1. The van der Waals surface area contributed by atoms with Crippen LogP contribution in [0.5, 0.6) is 0 Å². The van der Waals surface area contributed by atoms with Crippen LogP contribution >= 0.6 is 15.9 Å². The van der Waals surface area contributed by atoms with E-state index in [0.29, 0.717) is 43.6 Å². The van der Waals surface area contributed by atoms with E-state index in [-0.39, 0.29) is 23.8 Å². The van der Waals surface area contributed by atoms with E-state index in [1.807, 2.05) is 29.2 Å². The third-order valence-corrected chi connectivity index (χ3v) is 4.99. The number of carbonyl (C=O) groups excluding carboxylic acids is 1. The summed E-state index contributed by atoms with van der Waals surface area (Å²) < 4.78 is 6.24. The molecule has 0 bridgehead atoms. The van der Waals surface area contributed by atoms with E-state index in [0.717, 1.165) is 10.0 Å². The second kappa shape index (κ2) is 6.61. The summed E-state index contributed by atoms with van der Waals surface area (Å²) in [5.74, 6) is 0.383. The molecule has 3 heterocycles. The van der Waals surface area contributed by atoms with Gasteiger partial charge in [0, 0.05) is 29.9 Å². The number of hydrogen-bond acceptors (Lipinski definition) is 5. The lowest BCUT2D eigenvalue weighted by molar-refractivity contribution is -0.116. The van der Waals surface area contributed by atoms with Gasteiger partial charge >= 0.3 is 0 Å². The molecule has 4 rings (SSSR count). The number of morpholine rings is 1. The van der Waals surface area contributed by atoms with Gasteiger partial charge in [0.15, 0.2) is 0 Å². The number of nitrogens with zero attached hydrogens (tertiary/aromatic N) is 2. The van der Waals surface area contributed by atoms with Gasteiger partial charge < -0.3 is 15.0 Å². The van der Waals surface area contributed by atoms with Gasteiger partial charge in [0.25, 0.3) is 5.56 Å². The number of anilines is 2. The quantitative estimate of drug-likeness (QED) is 0.797. The Balaban J connectivity index is 1.78. The average Bonchev–Trinajstić information content (AvgIpc) is 2.61. The Morgan fingerprint density at radius 3 is 2.80 bits per heavy atom. The molecule has 8 heteroatoms. The van der Waals surface area contributed by atoms with Gasteiger partial charge in [-0.15, -0.1) is 0 Å². The molecule has 1 fully saturated rings. The number of carbonyl (C=O) groups is 1. The monoisotopic (exact) mass is 404 g/mol. The van der Waals surface area contributed by atoms with E-state index in [4.69, 9.17) is 4.74 Å². The summed E-state index contributed by atoms with van der Waals surface area (Å²) >= 11 is 3.45. The van der Waals surface area contributed by atoms with Crippen LogP contribution in [0.2, 0.25) is 0 Å². The van der Waals surface area contributed by atoms with Gasteiger partial charge in [-0.25, -0.2) is 0 Å². The molecule has 2 aliphatic heterocycles. The van der Waals surface area contributed by atoms with Crippen molar-refractivity contribution >= 4 is 33.6 Å². The lowest BCUT2D eigenvalue weighted by Gasteiger charge is -2.29. The number of amides is 1. The molecule has 0 saturated carbocycles. The first kappa shape index (κ1) is 16.3. The molecule has 2 aromatic rings. The summed E-state index contributed by atoms with van der Waals surface area (Å²) in [5.41, 5.74) is 1.21. The lowest BCUT2D eigenvalue weighted by atomic mass is 9.87. The standard InChI is InChI=1S/C17H17BrN4O3/c18-11-3-1-2-10(8-11)12-9-13(23)19-15-14(12)16(24)21-17(20-15)22-4-6-25-7-5-22/h1-3,8,12H,4-7,9H2,(H2,19,20,21,23,24)/t12-/m1/s1. The maximum Gasteiger partial charge on any atom is 0.258 e. The number of hydrogen-bond donors (Lipinski definition) is 2. The molecule has 1 amide bonds. The zero-order valence-electron chi connectivity index (χ0n) is 13.4. The smallest absolute Gasteiger partial charge is 0.258 e. The van der Waals surface area contributed by atoms with E-state index in [9.17, 15) is 9.59 Å². The topological polar surface area (TPSA) is 87.3 Å². The highest BCUT2D eigenvalue weighted by Gasteiger charge is 2.31. The van der Waals surface area contributed by atoms with E-state index in [2.05, 4.69) is 31.2 Å². The largest absolute Gasteiger partial charge is 0.378 e. The molecule has 0 unspecified atom stereocenters.